The molecule has 0 aliphatic carbocycles. The Morgan fingerprint density at radius 3 is 2.81 bits per heavy atom. The van der Waals surface area contributed by atoms with Gasteiger partial charge in [0.05, 0.1) is 15.7 Å². The van der Waals surface area contributed by atoms with Crippen LogP contribution in [0.2, 0.25) is 0 Å². The summed E-state index contributed by atoms with van der Waals surface area (Å²) in [6.45, 7) is 0. The summed E-state index contributed by atoms with van der Waals surface area (Å²) >= 11 is 3.07. The van der Waals surface area contributed by atoms with E-state index in [2.05, 4.69) is 26.2 Å². The lowest BCUT2D eigenvalue weighted by Gasteiger charge is -2.09. The van der Waals surface area contributed by atoms with Crippen molar-refractivity contribution in [2.75, 3.05) is 5.32 Å². The molecule has 3 aromatic rings. The Balaban J connectivity index is 1.99. The lowest BCUT2D eigenvalue weighted by Crippen LogP contribution is -2.14. The Bertz CT molecular complexity index is 830. The first-order valence-electron chi connectivity index (χ1n) is 6.25. The zero-order valence-electron chi connectivity index (χ0n) is 10.8. The highest BCUT2D eigenvalue weighted by Crippen LogP contribution is 2.24. The molecule has 0 spiro atoms. The maximum Gasteiger partial charge on any atom is 0.258 e. The fourth-order valence-electron chi connectivity index (χ4n) is 2.09. The van der Waals surface area contributed by atoms with E-state index in [9.17, 15) is 9.18 Å². The highest BCUT2D eigenvalue weighted by molar-refractivity contribution is 9.10. The minimum absolute atomic E-state index is 0.00901. The van der Waals surface area contributed by atoms with Gasteiger partial charge in [-0.25, -0.2) is 4.39 Å². The van der Waals surface area contributed by atoms with Crippen molar-refractivity contribution >= 4 is 38.3 Å². The lowest BCUT2D eigenvalue weighted by molar-refractivity contribution is 0.102. The third-order valence-electron chi connectivity index (χ3n) is 3.13. The number of benzene rings is 2. The Morgan fingerprint density at radius 1 is 1.14 bits per heavy atom. The number of hydrogen-bond acceptors (Lipinski definition) is 2. The van der Waals surface area contributed by atoms with Gasteiger partial charge in [-0.3, -0.25) is 9.78 Å². The molecule has 5 heteroatoms. The van der Waals surface area contributed by atoms with Gasteiger partial charge < -0.3 is 5.32 Å². The highest BCUT2D eigenvalue weighted by atomic mass is 79.9. The smallest absolute Gasteiger partial charge is 0.258 e. The number of pyridine rings is 1. The van der Waals surface area contributed by atoms with Gasteiger partial charge in [-0.05, 0) is 45.6 Å². The molecule has 1 N–H and O–H groups in total. The Kier molecular flexibility index (Phi) is 3.66. The van der Waals surface area contributed by atoms with Crippen molar-refractivity contribution in [1.82, 2.24) is 4.98 Å². The van der Waals surface area contributed by atoms with Gasteiger partial charge in [0.25, 0.3) is 5.91 Å². The van der Waals surface area contributed by atoms with Gasteiger partial charge in [-0.1, -0.05) is 18.2 Å². The summed E-state index contributed by atoms with van der Waals surface area (Å²) in [5.41, 5.74) is 0.593. The molecule has 0 radical (unpaired) electrons. The van der Waals surface area contributed by atoms with Gasteiger partial charge in [0.2, 0.25) is 0 Å². The van der Waals surface area contributed by atoms with Crippen LogP contribution < -0.4 is 5.32 Å². The molecule has 2 aromatic carbocycles. The van der Waals surface area contributed by atoms with Crippen molar-refractivity contribution < 1.29 is 9.18 Å². The van der Waals surface area contributed by atoms with Crippen LogP contribution in [-0.2, 0) is 0 Å². The van der Waals surface area contributed by atoms with Gasteiger partial charge in [0.15, 0.2) is 0 Å². The van der Waals surface area contributed by atoms with Crippen LogP contribution in [0, 0.1) is 5.82 Å². The highest BCUT2D eigenvalue weighted by Gasteiger charge is 2.14. The molecule has 0 fully saturated rings. The molecule has 3 nitrogen and oxygen atoms in total. The molecular formula is C16H10BrFN2O. The SMILES string of the molecule is O=C(Nc1cccc2ccncc12)c1cccc(Br)c1F. The third kappa shape index (κ3) is 2.64. The predicted octanol–water partition coefficient (Wildman–Crippen LogP) is 4.39. The number of rotatable bonds is 2. The average molecular weight is 345 g/mol. The van der Waals surface area contributed by atoms with E-state index in [1.807, 2.05) is 18.2 Å². The van der Waals surface area contributed by atoms with E-state index in [4.69, 9.17) is 0 Å². The normalized spacial score (nSPS) is 10.6. The topological polar surface area (TPSA) is 42.0 Å². The minimum atomic E-state index is -0.576. The first-order valence-corrected chi connectivity index (χ1v) is 7.04. The lowest BCUT2D eigenvalue weighted by atomic mass is 10.1. The van der Waals surface area contributed by atoms with Crippen LogP contribution in [0.4, 0.5) is 10.1 Å². The number of fused-ring (bicyclic) bond motifs is 1. The zero-order valence-corrected chi connectivity index (χ0v) is 12.4. The minimum Gasteiger partial charge on any atom is -0.321 e. The first kappa shape index (κ1) is 13.7. The third-order valence-corrected chi connectivity index (χ3v) is 3.74. The number of hydrogen-bond donors (Lipinski definition) is 1. The van der Waals surface area contributed by atoms with Crippen molar-refractivity contribution in [2.24, 2.45) is 0 Å². The number of carbonyl (C=O) groups excluding carboxylic acids is 1. The van der Waals surface area contributed by atoms with Gasteiger partial charge in [0, 0.05) is 17.8 Å². The van der Waals surface area contributed by atoms with E-state index < -0.39 is 11.7 Å². The molecule has 104 valence electrons. The maximum atomic E-state index is 13.9. The molecule has 1 aromatic heterocycles. The summed E-state index contributed by atoms with van der Waals surface area (Å²) < 4.78 is 14.2. The number of amides is 1. The molecule has 21 heavy (non-hydrogen) atoms. The monoisotopic (exact) mass is 344 g/mol. The molecule has 0 bridgehead atoms. The maximum absolute atomic E-state index is 13.9. The molecule has 3 rings (SSSR count). The molecule has 1 heterocycles. The van der Waals surface area contributed by atoms with Gasteiger partial charge in [-0.2, -0.15) is 0 Å². The Morgan fingerprint density at radius 2 is 1.95 bits per heavy atom. The number of anilines is 1. The Labute approximate surface area is 128 Å². The molecule has 0 aliphatic rings. The first-order chi connectivity index (χ1) is 10.2. The van der Waals surface area contributed by atoms with E-state index >= 15 is 0 Å². The molecule has 0 saturated carbocycles. The van der Waals surface area contributed by atoms with Crippen molar-refractivity contribution in [3.8, 4) is 0 Å². The summed E-state index contributed by atoms with van der Waals surface area (Å²) in [6, 6.07) is 12.0. The molecule has 1 amide bonds. The van der Waals surface area contributed by atoms with Crippen LogP contribution in [-0.4, -0.2) is 10.9 Å². The zero-order chi connectivity index (χ0) is 14.8. The molecule has 0 saturated heterocycles. The van der Waals surface area contributed by atoms with Crippen LogP contribution in [0.3, 0.4) is 0 Å². The molecular weight excluding hydrogens is 335 g/mol. The standard InChI is InChI=1S/C16H10BrFN2O/c17-13-5-2-4-11(15(13)18)16(21)20-14-6-1-3-10-7-8-19-9-12(10)14/h1-9H,(H,20,21). The number of nitrogens with zero attached hydrogens (tertiary/aromatic N) is 1. The van der Waals surface area contributed by atoms with Crippen LogP contribution in [0.5, 0.6) is 0 Å². The van der Waals surface area contributed by atoms with Crippen LogP contribution in [0.15, 0.2) is 59.3 Å². The second kappa shape index (κ2) is 5.61. The van der Waals surface area contributed by atoms with Crippen molar-refractivity contribution in [3.05, 3.63) is 70.7 Å². The largest absolute Gasteiger partial charge is 0.321 e. The van der Waals surface area contributed by atoms with Gasteiger partial charge in [-0.15, -0.1) is 0 Å². The van der Waals surface area contributed by atoms with E-state index in [1.165, 1.54) is 6.07 Å². The molecule has 0 unspecified atom stereocenters. The van der Waals surface area contributed by atoms with Crippen LogP contribution >= 0.6 is 15.9 Å². The second-order valence-electron chi connectivity index (χ2n) is 4.46. The van der Waals surface area contributed by atoms with Crippen LogP contribution in [0.1, 0.15) is 10.4 Å². The fourth-order valence-corrected chi connectivity index (χ4v) is 2.46. The summed E-state index contributed by atoms with van der Waals surface area (Å²) in [7, 11) is 0. The van der Waals surface area contributed by atoms with Gasteiger partial charge in [0.1, 0.15) is 5.82 Å². The van der Waals surface area contributed by atoms with E-state index in [1.54, 1.807) is 30.6 Å². The molecule has 0 atom stereocenters. The van der Waals surface area contributed by atoms with Gasteiger partial charge >= 0.3 is 0 Å². The number of carbonyl (C=O) groups is 1. The van der Waals surface area contributed by atoms with Crippen LogP contribution in [0.25, 0.3) is 10.8 Å². The Hall–Kier alpha value is -2.27. The van der Waals surface area contributed by atoms with E-state index in [0.717, 1.165) is 10.8 Å². The summed E-state index contributed by atoms with van der Waals surface area (Å²) in [6.07, 6.45) is 3.35. The van der Waals surface area contributed by atoms with E-state index in [-0.39, 0.29) is 10.0 Å². The summed E-state index contributed by atoms with van der Waals surface area (Å²) in [5, 5.41) is 4.49. The van der Waals surface area contributed by atoms with Crippen molar-refractivity contribution in [3.63, 3.8) is 0 Å². The van der Waals surface area contributed by atoms with E-state index in [0.29, 0.717) is 5.69 Å². The quantitative estimate of drug-likeness (QED) is 0.749. The number of halogens is 2. The summed E-state index contributed by atoms with van der Waals surface area (Å²) in [5.74, 6) is -1.07. The second-order valence-corrected chi connectivity index (χ2v) is 5.31. The fraction of sp³-hybridized carbons (Fsp3) is 0. The average Bonchev–Trinajstić information content (AvgIpc) is 2.50. The number of aromatic nitrogens is 1. The summed E-state index contributed by atoms with van der Waals surface area (Å²) in [4.78, 5) is 16.3. The van der Waals surface area contributed by atoms with Crippen molar-refractivity contribution in [2.45, 2.75) is 0 Å². The number of nitrogens with one attached hydrogen (secondary N) is 1. The molecule has 0 aliphatic heterocycles. The van der Waals surface area contributed by atoms with Crippen molar-refractivity contribution in [1.29, 1.82) is 0 Å². The predicted molar refractivity (Wildman–Crippen MR) is 83.8 cm³/mol.